The van der Waals surface area contributed by atoms with Gasteiger partial charge in [-0.05, 0) is 38.0 Å². The van der Waals surface area contributed by atoms with Crippen molar-refractivity contribution in [3.8, 4) is 0 Å². The van der Waals surface area contributed by atoms with Gasteiger partial charge < -0.3 is 4.74 Å². The van der Waals surface area contributed by atoms with Crippen LogP contribution < -0.4 is 0 Å². The van der Waals surface area contributed by atoms with E-state index < -0.39 is 5.54 Å². The van der Waals surface area contributed by atoms with Crippen LogP contribution >= 0.6 is 34.8 Å². The van der Waals surface area contributed by atoms with Crippen LogP contribution in [0.5, 0.6) is 0 Å². The highest BCUT2D eigenvalue weighted by molar-refractivity contribution is 6.36. The number of hydrogen-bond acceptors (Lipinski definition) is 2. The third-order valence-electron chi connectivity index (χ3n) is 3.40. The van der Waals surface area contributed by atoms with E-state index in [1.807, 2.05) is 20.8 Å². The molecule has 0 fully saturated rings. The van der Waals surface area contributed by atoms with Crippen molar-refractivity contribution in [2.75, 3.05) is 0 Å². The van der Waals surface area contributed by atoms with Crippen LogP contribution in [0.25, 0.3) is 0 Å². The van der Waals surface area contributed by atoms with Crippen LogP contribution in [-0.2, 0) is 4.74 Å². The summed E-state index contributed by atoms with van der Waals surface area (Å²) in [7, 11) is 0. The topological polar surface area (TPSA) is 21.6 Å². The van der Waals surface area contributed by atoms with Gasteiger partial charge in [-0.1, -0.05) is 41.7 Å². The normalized spacial score (nSPS) is 24.5. The highest BCUT2D eigenvalue weighted by Crippen LogP contribution is 2.36. The molecular formula is C14H14Cl3NO. The minimum absolute atomic E-state index is 0.430. The predicted octanol–water partition coefficient (Wildman–Crippen LogP) is 5.33. The monoisotopic (exact) mass is 317 g/mol. The van der Waals surface area contributed by atoms with Gasteiger partial charge in [0.1, 0.15) is 11.3 Å². The van der Waals surface area contributed by atoms with Crippen LogP contribution in [0.3, 0.4) is 0 Å². The van der Waals surface area contributed by atoms with Crippen molar-refractivity contribution in [3.05, 3.63) is 44.6 Å². The van der Waals surface area contributed by atoms with Crippen molar-refractivity contribution in [3.63, 3.8) is 0 Å². The fraction of sp³-hybridized carbons (Fsp3) is 0.357. The largest absolute Gasteiger partial charge is 0.440 e. The summed E-state index contributed by atoms with van der Waals surface area (Å²) >= 11 is 18.1. The zero-order valence-electron chi connectivity index (χ0n) is 10.9. The van der Waals surface area contributed by atoms with Crippen molar-refractivity contribution < 1.29 is 4.74 Å². The molecule has 1 aliphatic heterocycles. The summed E-state index contributed by atoms with van der Waals surface area (Å²) in [5.74, 6) is 1.14. The maximum absolute atomic E-state index is 6.14. The summed E-state index contributed by atoms with van der Waals surface area (Å²) in [5, 5.41) is 1.19. The van der Waals surface area contributed by atoms with E-state index in [4.69, 9.17) is 39.5 Å². The summed E-state index contributed by atoms with van der Waals surface area (Å²) in [5.41, 5.74) is 2.60. The molecule has 19 heavy (non-hydrogen) atoms. The number of ether oxygens (including phenoxy) is 1. The van der Waals surface area contributed by atoms with Crippen LogP contribution in [0.1, 0.15) is 31.4 Å². The molecule has 0 saturated heterocycles. The SMILES string of the molecule is CC[C@@]1(C)N=C(c2cc(Cl)c(C)c(Cl)c2)OC1=CCl. The number of nitrogens with zero attached hydrogens (tertiary/aromatic N) is 1. The van der Waals surface area contributed by atoms with Crippen molar-refractivity contribution in [2.45, 2.75) is 32.7 Å². The van der Waals surface area contributed by atoms with Gasteiger partial charge in [0, 0.05) is 21.1 Å². The molecule has 0 aromatic heterocycles. The van der Waals surface area contributed by atoms with Crippen LogP contribution in [0.2, 0.25) is 10.0 Å². The summed E-state index contributed by atoms with van der Waals surface area (Å²) < 4.78 is 5.71. The smallest absolute Gasteiger partial charge is 0.222 e. The number of hydrogen-bond donors (Lipinski definition) is 0. The van der Waals surface area contributed by atoms with Crippen molar-refractivity contribution in [2.24, 2.45) is 4.99 Å². The number of benzene rings is 1. The van der Waals surface area contributed by atoms with Gasteiger partial charge in [0.05, 0.1) is 0 Å². The van der Waals surface area contributed by atoms with Gasteiger partial charge in [-0.15, -0.1) is 0 Å². The molecule has 2 nitrogen and oxygen atoms in total. The van der Waals surface area contributed by atoms with Crippen LogP contribution in [-0.4, -0.2) is 11.4 Å². The van der Waals surface area contributed by atoms with E-state index in [0.717, 1.165) is 17.5 Å². The first-order valence-electron chi connectivity index (χ1n) is 5.96. The Morgan fingerprint density at radius 2 is 1.89 bits per heavy atom. The van der Waals surface area contributed by atoms with Gasteiger partial charge in [-0.2, -0.15) is 0 Å². The molecule has 0 aliphatic carbocycles. The molecule has 0 amide bonds. The van der Waals surface area contributed by atoms with Crippen molar-refractivity contribution in [1.29, 1.82) is 0 Å². The molecule has 5 heteroatoms. The predicted molar refractivity (Wildman–Crippen MR) is 81.5 cm³/mol. The first-order valence-corrected chi connectivity index (χ1v) is 7.15. The fourth-order valence-electron chi connectivity index (χ4n) is 1.80. The summed E-state index contributed by atoms with van der Waals surface area (Å²) in [6, 6.07) is 3.60. The third-order valence-corrected chi connectivity index (χ3v) is 4.38. The van der Waals surface area contributed by atoms with Gasteiger partial charge in [0.2, 0.25) is 5.90 Å². The molecule has 0 N–H and O–H groups in total. The molecule has 0 radical (unpaired) electrons. The van der Waals surface area contributed by atoms with Gasteiger partial charge in [-0.3, -0.25) is 0 Å². The number of halogens is 3. The van der Waals surface area contributed by atoms with Gasteiger partial charge in [-0.25, -0.2) is 4.99 Å². The van der Waals surface area contributed by atoms with E-state index in [-0.39, 0.29) is 0 Å². The number of aliphatic imine (C=N–C) groups is 1. The van der Waals surface area contributed by atoms with E-state index in [0.29, 0.717) is 21.7 Å². The second kappa shape index (κ2) is 5.35. The van der Waals surface area contributed by atoms with Crippen LogP contribution in [0.15, 0.2) is 28.4 Å². The minimum atomic E-state index is -0.430. The third kappa shape index (κ3) is 2.62. The molecule has 0 spiro atoms. The van der Waals surface area contributed by atoms with E-state index in [1.54, 1.807) is 12.1 Å². The van der Waals surface area contributed by atoms with Gasteiger partial charge in [0.15, 0.2) is 0 Å². The molecule has 0 saturated carbocycles. The van der Waals surface area contributed by atoms with Crippen molar-refractivity contribution in [1.82, 2.24) is 0 Å². The standard InChI is InChI=1S/C14H14Cl3NO/c1-4-14(3)12(7-15)19-13(18-14)9-5-10(16)8(2)11(17)6-9/h5-7H,4H2,1-3H3/t14-/m1/s1. The lowest BCUT2D eigenvalue weighted by Crippen LogP contribution is -2.19. The summed E-state index contributed by atoms with van der Waals surface area (Å²) in [6.07, 6.45) is 0.794. The average Bonchev–Trinajstić information content (AvgIpc) is 2.73. The summed E-state index contributed by atoms with van der Waals surface area (Å²) in [6.45, 7) is 5.88. The Morgan fingerprint density at radius 3 is 2.32 bits per heavy atom. The Bertz CT molecular complexity index is 557. The van der Waals surface area contributed by atoms with Gasteiger partial charge >= 0.3 is 0 Å². The summed E-state index contributed by atoms with van der Waals surface area (Å²) in [4.78, 5) is 4.60. The van der Waals surface area contributed by atoms with E-state index >= 15 is 0 Å². The van der Waals surface area contributed by atoms with E-state index in [1.165, 1.54) is 5.54 Å². The Labute approximate surface area is 128 Å². The van der Waals surface area contributed by atoms with Crippen LogP contribution in [0.4, 0.5) is 0 Å². The minimum Gasteiger partial charge on any atom is -0.440 e. The Hall–Kier alpha value is -0.700. The molecule has 2 rings (SSSR count). The Morgan fingerprint density at radius 1 is 1.32 bits per heavy atom. The molecule has 1 atom stereocenters. The quantitative estimate of drug-likeness (QED) is 0.722. The fourth-order valence-corrected chi connectivity index (χ4v) is 2.57. The molecule has 1 aromatic rings. The van der Waals surface area contributed by atoms with E-state index in [9.17, 15) is 0 Å². The maximum Gasteiger partial charge on any atom is 0.222 e. The molecular weight excluding hydrogens is 305 g/mol. The highest BCUT2D eigenvalue weighted by atomic mass is 35.5. The molecule has 0 bridgehead atoms. The van der Waals surface area contributed by atoms with E-state index in [2.05, 4.69) is 4.99 Å². The first-order chi connectivity index (χ1) is 8.91. The molecule has 0 unspecified atom stereocenters. The maximum atomic E-state index is 6.14. The Kier molecular flexibility index (Phi) is 4.14. The molecule has 1 heterocycles. The lowest BCUT2D eigenvalue weighted by Gasteiger charge is -2.16. The average molecular weight is 319 g/mol. The molecule has 1 aliphatic rings. The lowest BCUT2D eigenvalue weighted by molar-refractivity contribution is 0.364. The zero-order chi connectivity index (χ0) is 14.2. The van der Waals surface area contributed by atoms with Crippen LogP contribution in [0, 0.1) is 6.92 Å². The first kappa shape index (κ1) is 14.7. The molecule has 1 aromatic carbocycles. The Balaban J connectivity index is 2.47. The van der Waals surface area contributed by atoms with Gasteiger partial charge in [0.25, 0.3) is 0 Å². The number of rotatable bonds is 2. The second-order valence-corrected chi connectivity index (χ2v) is 5.72. The highest BCUT2D eigenvalue weighted by Gasteiger charge is 2.36. The molecule has 102 valence electrons. The van der Waals surface area contributed by atoms with Crippen molar-refractivity contribution >= 4 is 40.7 Å². The zero-order valence-corrected chi connectivity index (χ0v) is 13.2. The lowest BCUT2D eigenvalue weighted by atomic mass is 9.99. The second-order valence-electron chi connectivity index (χ2n) is 4.68.